The van der Waals surface area contributed by atoms with Gasteiger partial charge in [0.1, 0.15) is 0 Å². The first kappa shape index (κ1) is 16.8. The van der Waals surface area contributed by atoms with Crippen LogP contribution in [0, 0.1) is 11.1 Å². The minimum absolute atomic E-state index is 1.33. The molecule has 2 heteroatoms. The number of hydrogen-bond acceptors (Lipinski definition) is 0. The lowest BCUT2D eigenvalue weighted by Crippen LogP contribution is -2.62. The number of hydrogen-bond donors (Lipinski definition) is 0. The number of rotatable bonds is 3. The molecule has 24 heavy (non-hydrogen) atoms. The van der Waals surface area contributed by atoms with E-state index in [0.29, 0.717) is 0 Å². The fourth-order valence-electron chi connectivity index (χ4n) is 5.25. The van der Waals surface area contributed by atoms with Crippen LogP contribution in [-0.2, 0) is 0 Å². The smallest absolute Gasteiger partial charge is 0.0597 e. The minimum atomic E-state index is -1.46. The summed E-state index contributed by atoms with van der Waals surface area (Å²) in [5.41, 5.74) is 10.6. The average molecular weight is 353 g/mol. The molecular formula is C22H32Si2. The monoisotopic (exact) mass is 352 g/mol. The molecule has 0 atom stereocenters. The van der Waals surface area contributed by atoms with Crippen LogP contribution >= 0.6 is 0 Å². The van der Waals surface area contributed by atoms with Crippen molar-refractivity contribution in [2.24, 2.45) is 0 Å². The van der Waals surface area contributed by atoms with Crippen molar-refractivity contribution in [1.29, 1.82) is 0 Å². The second-order valence-electron chi connectivity index (χ2n) is 9.17. The van der Waals surface area contributed by atoms with Crippen molar-refractivity contribution in [3.8, 4) is 0 Å². The highest BCUT2D eigenvalue weighted by atomic mass is 29.3. The molecule has 0 nitrogen and oxygen atoms in total. The lowest BCUT2D eigenvalue weighted by Gasteiger charge is -2.47. The maximum absolute atomic E-state index is 2.69. The molecule has 0 fully saturated rings. The van der Waals surface area contributed by atoms with Gasteiger partial charge in [-0.05, 0) is 62.5 Å². The molecule has 0 spiro atoms. The molecule has 128 valence electrons. The largest absolute Gasteiger partial charge is 0.0761 e. The maximum atomic E-state index is 2.69. The highest BCUT2D eigenvalue weighted by Gasteiger charge is 2.53. The van der Waals surface area contributed by atoms with Crippen LogP contribution in [0.5, 0.6) is 0 Å². The Bertz CT molecular complexity index is 599. The van der Waals surface area contributed by atoms with Gasteiger partial charge in [0.15, 0.2) is 0 Å². The van der Waals surface area contributed by atoms with E-state index in [1.807, 2.05) is 11.1 Å². The SMILES string of the molecule is C[Si](C)([C]1C=CC2=C1CCCC2)[Si](C)(C)[C]1C=CC2=C1CCCC2. The summed E-state index contributed by atoms with van der Waals surface area (Å²) < 4.78 is 0. The van der Waals surface area contributed by atoms with Crippen molar-refractivity contribution in [1.82, 2.24) is 0 Å². The minimum Gasteiger partial charge on any atom is -0.0761 e. The van der Waals surface area contributed by atoms with E-state index in [2.05, 4.69) is 50.5 Å². The van der Waals surface area contributed by atoms with E-state index in [4.69, 9.17) is 0 Å². The van der Waals surface area contributed by atoms with E-state index in [1.54, 1.807) is 22.3 Å². The molecule has 0 unspecified atom stereocenters. The molecule has 0 aromatic heterocycles. The quantitative estimate of drug-likeness (QED) is 0.503. The van der Waals surface area contributed by atoms with Crippen LogP contribution in [-0.4, -0.2) is 15.2 Å². The molecule has 0 saturated carbocycles. The third-order valence-corrected chi connectivity index (χ3v) is 25.2. The Kier molecular flexibility index (Phi) is 4.20. The summed E-state index contributed by atoms with van der Waals surface area (Å²) in [6, 6.07) is 0. The van der Waals surface area contributed by atoms with Crippen molar-refractivity contribution in [2.45, 2.75) is 77.6 Å². The first-order valence-electron chi connectivity index (χ1n) is 9.99. The fourth-order valence-corrected chi connectivity index (χ4v) is 15.1. The summed E-state index contributed by atoms with van der Waals surface area (Å²) in [5.74, 6) is 0. The molecule has 4 aliphatic carbocycles. The highest BCUT2D eigenvalue weighted by molar-refractivity contribution is 7.45. The van der Waals surface area contributed by atoms with Crippen molar-refractivity contribution in [3.63, 3.8) is 0 Å². The molecule has 0 aromatic carbocycles. The average Bonchev–Trinajstić information content (AvgIpc) is 3.19. The van der Waals surface area contributed by atoms with Gasteiger partial charge < -0.3 is 0 Å². The number of allylic oxidation sites excluding steroid dienone is 8. The standard InChI is InChI=1S/C22H32Si2/c1-23(2,21-15-13-17-9-5-7-11-19(17)21)24(3,4)22-16-14-18-10-6-8-12-20(18)22/h13-16H,5-12H2,1-4H3. The van der Waals surface area contributed by atoms with Crippen LogP contribution in [0.15, 0.2) is 46.6 Å². The van der Waals surface area contributed by atoms with Crippen molar-refractivity contribution in [2.75, 3.05) is 0 Å². The molecule has 2 radical (unpaired) electrons. The van der Waals surface area contributed by atoms with Gasteiger partial charge in [0, 0.05) is 11.1 Å². The second-order valence-corrected chi connectivity index (χ2v) is 24.2. The summed E-state index contributed by atoms with van der Waals surface area (Å²) in [4.78, 5) is 0. The lowest BCUT2D eigenvalue weighted by atomic mass is 9.93. The van der Waals surface area contributed by atoms with Gasteiger partial charge >= 0.3 is 0 Å². The van der Waals surface area contributed by atoms with E-state index >= 15 is 0 Å². The topological polar surface area (TPSA) is 0 Å². The normalized spacial score (nSPS) is 25.7. The Balaban J connectivity index is 1.66. The Morgan fingerprint density at radius 1 is 0.542 bits per heavy atom. The summed E-state index contributed by atoms with van der Waals surface area (Å²) in [7, 11) is -2.92. The van der Waals surface area contributed by atoms with Crippen LogP contribution < -0.4 is 0 Å². The van der Waals surface area contributed by atoms with Crippen LogP contribution in [0.1, 0.15) is 51.4 Å². The van der Waals surface area contributed by atoms with Gasteiger partial charge in [-0.2, -0.15) is 0 Å². The van der Waals surface area contributed by atoms with E-state index in [1.165, 1.54) is 51.4 Å². The molecule has 4 aliphatic rings. The van der Waals surface area contributed by atoms with Gasteiger partial charge in [-0.1, -0.05) is 61.6 Å². The van der Waals surface area contributed by atoms with E-state index in [-0.39, 0.29) is 0 Å². The highest BCUT2D eigenvalue weighted by Crippen LogP contribution is 2.50. The summed E-state index contributed by atoms with van der Waals surface area (Å²) in [6.07, 6.45) is 21.0. The third-order valence-electron chi connectivity index (χ3n) is 7.48. The van der Waals surface area contributed by atoms with Crippen molar-refractivity contribution >= 4 is 15.2 Å². The molecule has 4 rings (SSSR count). The van der Waals surface area contributed by atoms with E-state index < -0.39 is 15.2 Å². The van der Waals surface area contributed by atoms with Gasteiger partial charge in [-0.3, -0.25) is 0 Å². The van der Waals surface area contributed by atoms with Crippen molar-refractivity contribution in [3.05, 3.63) is 57.7 Å². The molecule has 0 amide bonds. The first-order valence-corrected chi connectivity index (χ1v) is 17.0. The van der Waals surface area contributed by atoms with E-state index in [9.17, 15) is 0 Å². The Morgan fingerprint density at radius 2 is 0.917 bits per heavy atom. The Morgan fingerprint density at radius 3 is 1.33 bits per heavy atom. The Labute approximate surface area is 150 Å². The van der Waals surface area contributed by atoms with Crippen LogP contribution in [0.4, 0.5) is 0 Å². The zero-order valence-corrected chi connectivity index (χ0v) is 18.0. The lowest BCUT2D eigenvalue weighted by molar-refractivity contribution is 0.690. The molecule has 0 saturated heterocycles. The maximum Gasteiger partial charge on any atom is 0.0597 e. The van der Waals surface area contributed by atoms with Crippen LogP contribution in [0.25, 0.3) is 0 Å². The van der Waals surface area contributed by atoms with Crippen LogP contribution in [0.3, 0.4) is 0 Å². The third kappa shape index (κ3) is 2.44. The predicted octanol–water partition coefficient (Wildman–Crippen LogP) is 6.59. The van der Waals surface area contributed by atoms with Gasteiger partial charge in [0.25, 0.3) is 0 Å². The fraction of sp³-hybridized carbons (Fsp3) is 0.545. The zero-order valence-electron chi connectivity index (χ0n) is 16.0. The molecule has 0 aliphatic heterocycles. The summed E-state index contributed by atoms with van der Waals surface area (Å²) in [6.45, 7) is 10.7. The molecule has 0 heterocycles. The second kappa shape index (κ2) is 5.98. The summed E-state index contributed by atoms with van der Waals surface area (Å²) >= 11 is 0. The van der Waals surface area contributed by atoms with Crippen LogP contribution in [0.2, 0.25) is 26.2 Å². The molecular weight excluding hydrogens is 320 g/mol. The van der Waals surface area contributed by atoms with Gasteiger partial charge in [0.05, 0.1) is 15.2 Å². The first-order chi connectivity index (χ1) is 11.4. The predicted molar refractivity (Wildman–Crippen MR) is 111 cm³/mol. The zero-order chi connectivity index (χ0) is 16.9. The van der Waals surface area contributed by atoms with E-state index in [0.717, 1.165) is 0 Å². The van der Waals surface area contributed by atoms with Crippen molar-refractivity contribution < 1.29 is 0 Å². The summed E-state index contributed by atoms with van der Waals surface area (Å²) in [5, 5.41) is 0. The molecule has 0 N–H and O–H groups in total. The Hall–Kier alpha value is -0.606. The van der Waals surface area contributed by atoms with Gasteiger partial charge in [-0.15, -0.1) is 0 Å². The van der Waals surface area contributed by atoms with Gasteiger partial charge in [-0.25, -0.2) is 0 Å². The molecule has 0 bridgehead atoms. The molecule has 0 aromatic rings. The van der Waals surface area contributed by atoms with Gasteiger partial charge in [0.2, 0.25) is 0 Å².